The molecule has 0 bridgehead atoms. The van der Waals surface area contributed by atoms with Crippen LogP contribution in [0.3, 0.4) is 0 Å². The summed E-state index contributed by atoms with van der Waals surface area (Å²) in [7, 11) is 0. The molecule has 1 aliphatic rings. The molecule has 0 aromatic carbocycles. The largest absolute Gasteiger partial charge is 0.490 e. The SMILES string of the molecule is CCc1[nH]ncc1C#Cc1cc(NC(N)=O)c(C(=O)N[C@H]2CCCCNC2)s1.O=C(O)C(F)(F)F. The molecule has 1 aliphatic heterocycles. The lowest BCUT2D eigenvalue weighted by molar-refractivity contribution is -0.192. The minimum Gasteiger partial charge on any atom is -0.475 e. The van der Waals surface area contributed by atoms with Gasteiger partial charge in [-0.2, -0.15) is 18.3 Å². The second-order valence-electron chi connectivity index (χ2n) is 7.38. The average molecular weight is 515 g/mol. The number of carbonyl (C=O) groups is 3. The lowest BCUT2D eigenvalue weighted by Crippen LogP contribution is -2.40. The van der Waals surface area contributed by atoms with Crippen molar-refractivity contribution >= 4 is 34.9 Å². The van der Waals surface area contributed by atoms with Crippen molar-refractivity contribution in [3.8, 4) is 11.8 Å². The fourth-order valence-electron chi connectivity index (χ4n) is 3.06. The van der Waals surface area contributed by atoms with Crippen LogP contribution in [-0.2, 0) is 11.2 Å². The Bertz CT molecular complexity index is 1090. The standard InChI is InChI=1S/C19H24N6O2S.C2HF3O2/c1-2-15-12(10-22-25-15)6-7-14-9-16(24-19(20)27)17(28-14)18(26)23-13-5-3-4-8-21-11-13;3-2(4,5)1(6)7/h9-10,13,21H,2-5,8,11H2,1H3,(H,22,25)(H,23,26)(H3,20,24,27);(H,6,7)/t13-;/m0./s1. The van der Waals surface area contributed by atoms with Gasteiger partial charge in [-0.3, -0.25) is 9.89 Å². The summed E-state index contributed by atoms with van der Waals surface area (Å²) in [5.41, 5.74) is 7.41. The van der Waals surface area contributed by atoms with Crippen LogP contribution in [0.1, 0.15) is 52.0 Å². The highest BCUT2D eigenvalue weighted by Crippen LogP contribution is 2.27. The monoisotopic (exact) mass is 514 g/mol. The molecule has 1 fully saturated rings. The van der Waals surface area contributed by atoms with E-state index in [2.05, 4.69) is 38.0 Å². The number of hydrogen-bond acceptors (Lipinski definition) is 6. The van der Waals surface area contributed by atoms with Crippen LogP contribution < -0.4 is 21.7 Å². The Kier molecular flexibility index (Phi) is 10.1. The quantitative estimate of drug-likeness (QED) is 0.343. The Morgan fingerprint density at radius 3 is 2.66 bits per heavy atom. The van der Waals surface area contributed by atoms with E-state index in [0.29, 0.717) is 15.4 Å². The molecule has 35 heavy (non-hydrogen) atoms. The fourth-order valence-corrected chi connectivity index (χ4v) is 3.93. The van der Waals surface area contributed by atoms with Crippen molar-refractivity contribution in [1.82, 2.24) is 20.8 Å². The molecule has 0 radical (unpaired) electrons. The molecule has 3 amide bonds. The topological polar surface area (TPSA) is 162 Å². The van der Waals surface area contributed by atoms with Gasteiger partial charge in [-0.1, -0.05) is 25.2 Å². The molecule has 7 N–H and O–H groups in total. The number of aromatic nitrogens is 2. The number of primary amides is 1. The number of rotatable bonds is 4. The average Bonchev–Trinajstić information content (AvgIpc) is 3.31. The molecule has 14 heteroatoms. The molecule has 0 aliphatic carbocycles. The molecule has 0 unspecified atom stereocenters. The van der Waals surface area contributed by atoms with E-state index in [1.54, 1.807) is 12.3 Å². The third-order valence-corrected chi connectivity index (χ3v) is 5.76. The van der Waals surface area contributed by atoms with Gasteiger partial charge < -0.3 is 26.8 Å². The maximum Gasteiger partial charge on any atom is 0.490 e. The number of nitrogens with two attached hydrogens (primary N) is 1. The number of alkyl halides is 3. The first-order valence-corrected chi connectivity index (χ1v) is 11.4. The summed E-state index contributed by atoms with van der Waals surface area (Å²) >= 11 is 1.23. The highest BCUT2D eigenvalue weighted by molar-refractivity contribution is 7.15. The lowest BCUT2D eigenvalue weighted by Gasteiger charge is -2.16. The number of H-pyrrole nitrogens is 1. The molecule has 1 saturated heterocycles. The first-order chi connectivity index (χ1) is 16.5. The Morgan fingerprint density at radius 2 is 2.03 bits per heavy atom. The fraction of sp³-hybridized carbons (Fsp3) is 0.429. The van der Waals surface area contributed by atoms with E-state index in [1.165, 1.54) is 11.3 Å². The van der Waals surface area contributed by atoms with E-state index in [0.717, 1.165) is 50.0 Å². The van der Waals surface area contributed by atoms with Crippen LogP contribution in [0.15, 0.2) is 12.3 Å². The van der Waals surface area contributed by atoms with Crippen molar-refractivity contribution in [2.24, 2.45) is 5.73 Å². The van der Waals surface area contributed by atoms with Crippen LogP contribution >= 0.6 is 11.3 Å². The van der Waals surface area contributed by atoms with Crippen LogP contribution in [0.5, 0.6) is 0 Å². The smallest absolute Gasteiger partial charge is 0.475 e. The number of urea groups is 1. The minimum atomic E-state index is -5.08. The maximum absolute atomic E-state index is 12.8. The number of amides is 3. The molecule has 3 heterocycles. The number of carboxylic acid groups (broad SMARTS) is 1. The van der Waals surface area contributed by atoms with Gasteiger partial charge in [-0.25, -0.2) is 9.59 Å². The molecule has 190 valence electrons. The Morgan fingerprint density at radius 1 is 1.31 bits per heavy atom. The molecule has 0 saturated carbocycles. The first kappa shape index (κ1) is 27.7. The van der Waals surface area contributed by atoms with E-state index in [9.17, 15) is 22.8 Å². The predicted octanol–water partition coefficient (Wildman–Crippen LogP) is 2.43. The highest BCUT2D eigenvalue weighted by atomic mass is 32.1. The number of thiophene rings is 1. The number of anilines is 1. The van der Waals surface area contributed by atoms with Gasteiger partial charge in [0.2, 0.25) is 0 Å². The number of nitrogens with one attached hydrogen (secondary N) is 4. The molecule has 1 atom stereocenters. The third kappa shape index (κ3) is 8.95. The summed E-state index contributed by atoms with van der Waals surface area (Å²) in [4.78, 5) is 34.1. The van der Waals surface area contributed by atoms with Crippen molar-refractivity contribution < 1.29 is 32.7 Å². The second-order valence-corrected chi connectivity index (χ2v) is 8.43. The third-order valence-electron chi connectivity index (χ3n) is 4.71. The van der Waals surface area contributed by atoms with Gasteiger partial charge in [0.05, 0.1) is 28.0 Å². The molecular formula is C21H25F3N6O4S. The van der Waals surface area contributed by atoms with Crippen LogP contribution in [0.2, 0.25) is 0 Å². The van der Waals surface area contributed by atoms with Crippen molar-refractivity contribution in [2.45, 2.75) is 44.8 Å². The number of aromatic amines is 1. The van der Waals surface area contributed by atoms with Crippen LogP contribution in [-0.4, -0.2) is 58.5 Å². The van der Waals surface area contributed by atoms with E-state index in [1.807, 2.05) is 6.92 Å². The zero-order valence-corrected chi connectivity index (χ0v) is 19.5. The van der Waals surface area contributed by atoms with E-state index in [-0.39, 0.29) is 11.9 Å². The van der Waals surface area contributed by atoms with Gasteiger partial charge in [0.1, 0.15) is 4.88 Å². The second kappa shape index (κ2) is 12.8. The van der Waals surface area contributed by atoms with E-state index < -0.39 is 18.2 Å². The van der Waals surface area contributed by atoms with Crippen LogP contribution in [0, 0.1) is 11.8 Å². The van der Waals surface area contributed by atoms with E-state index in [4.69, 9.17) is 15.6 Å². The molecule has 10 nitrogen and oxygen atoms in total. The van der Waals surface area contributed by atoms with Crippen molar-refractivity contribution in [3.63, 3.8) is 0 Å². The first-order valence-electron chi connectivity index (χ1n) is 10.6. The number of aryl methyl sites for hydroxylation is 1. The van der Waals surface area contributed by atoms with Crippen LogP contribution in [0.4, 0.5) is 23.7 Å². The van der Waals surface area contributed by atoms with Gasteiger partial charge in [0.15, 0.2) is 0 Å². The summed E-state index contributed by atoms with van der Waals surface area (Å²) in [5, 5.41) is 22.9. The zero-order chi connectivity index (χ0) is 26.0. The normalized spacial score (nSPS) is 15.5. The Hall–Kier alpha value is -3.57. The van der Waals surface area contributed by atoms with Crippen molar-refractivity contribution in [3.05, 3.63) is 33.3 Å². The number of halogens is 3. The van der Waals surface area contributed by atoms with Gasteiger partial charge in [-0.15, -0.1) is 11.3 Å². The number of nitrogens with zero attached hydrogens (tertiary/aromatic N) is 1. The number of hydrogen-bond donors (Lipinski definition) is 6. The van der Waals surface area contributed by atoms with Gasteiger partial charge >= 0.3 is 18.2 Å². The summed E-state index contributed by atoms with van der Waals surface area (Å²) in [5.74, 6) is 3.13. The van der Waals surface area contributed by atoms with E-state index >= 15 is 0 Å². The van der Waals surface area contributed by atoms with Crippen molar-refractivity contribution in [2.75, 3.05) is 18.4 Å². The number of aliphatic carboxylic acids is 1. The van der Waals surface area contributed by atoms with Gasteiger partial charge in [-0.05, 0) is 31.9 Å². The maximum atomic E-state index is 12.8. The predicted molar refractivity (Wildman–Crippen MR) is 123 cm³/mol. The summed E-state index contributed by atoms with van der Waals surface area (Å²) in [6.07, 6.45) is 0.486. The van der Waals surface area contributed by atoms with Gasteiger partial charge in [0, 0.05) is 12.6 Å². The molecule has 3 rings (SSSR count). The van der Waals surface area contributed by atoms with Gasteiger partial charge in [0.25, 0.3) is 5.91 Å². The molecular weight excluding hydrogens is 489 g/mol. The Balaban J connectivity index is 0.000000540. The Labute approximate surface area is 202 Å². The minimum absolute atomic E-state index is 0.0612. The van der Waals surface area contributed by atoms with Crippen molar-refractivity contribution in [1.29, 1.82) is 0 Å². The summed E-state index contributed by atoms with van der Waals surface area (Å²) < 4.78 is 31.7. The highest BCUT2D eigenvalue weighted by Gasteiger charge is 2.38. The number of carbonyl (C=O) groups excluding carboxylic acids is 2. The summed E-state index contributed by atoms with van der Waals surface area (Å²) in [6.45, 7) is 3.72. The zero-order valence-electron chi connectivity index (χ0n) is 18.7. The molecule has 2 aromatic heterocycles. The molecule has 2 aromatic rings. The molecule has 0 spiro atoms. The number of carboxylic acids is 1. The van der Waals surface area contributed by atoms with Crippen LogP contribution in [0.25, 0.3) is 0 Å². The summed E-state index contributed by atoms with van der Waals surface area (Å²) in [6, 6.07) is 1.02. The lowest BCUT2D eigenvalue weighted by atomic mass is 10.1.